The number of hydrogen-bond donors (Lipinski definition) is 0. The number of hydrogen-bond acceptors (Lipinski definition) is 3. The Morgan fingerprint density at radius 1 is 0.472 bits per heavy atom. The van der Waals surface area contributed by atoms with Crippen molar-refractivity contribution in [1.29, 1.82) is 0 Å². The summed E-state index contributed by atoms with van der Waals surface area (Å²) >= 11 is 0. The van der Waals surface area contributed by atoms with Crippen molar-refractivity contribution in [1.82, 2.24) is 15.0 Å². The number of benzene rings is 7. The molecule has 0 amide bonds. The van der Waals surface area contributed by atoms with E-state index in [4.69, 9.17) is 15.0 Å². The first-order chi connectivity index (χ1) is 26.3. The van der Waals surface area contributed by atoms with Crippen LogP contribution in [0.1, 0.15) is 45.4 Å². The van der Waals surface area contributed by atoms with E-state index in [9.17, 15) is 0 Å². The number of nitrogens with zero attached hydrogens (tertiary/aromatic N) is 3. The summed E-state index contributed by atoms with van der Waals surface area (Å²) in [5, 5.41) is 2.72. The largest absolute Gasteiger partial charge is 0.208 e. The molecule has 0 saturated carbocycles. The number of aromatic nitrogens is 3. The van der Waals surface area contributed by atoms with Gasteiger partial charge in [0.15, 0.2) is 17.5 Å². The fourth-order valence-corrected chi connectivity index (χ4v) is 9.16. The minimum absolute atomic E-state index is 0.596. The highest BCUT2D eigenvalue weighted by atomic mass is 15.0. The van der Waals surface area contributed by atoms with Gasteiger partial charge >= 0.3 is 0 Å². The lowest BCUT2D eigenvalue weighted by Gasteiger charge is -2.37. The van der Waals surface area contributed by atoms with Crippen LogP contribution in [0.15, 0.2) is 170 Å². The van der Waals surface area contributed by atoms with Crippen molar-refractivity contribution < 1.29 is 0 Å². The second-order valence-corrected chi connectivity index (χ2v) is 14.2. The van der Waals surface area contributed by atoms with Crippen molar-refractivity contribution in [3.8, 4) is 45.3 Å². The summed E-state index contributed by atoms with van der Waals surface area (Å²) in [5.74, 6) is 1.97. The molecule has 248 valence electrons. The molecule has 0 spiro atoms. The van der Waals surface area contributed by atoms with Crippen molar-refractivity contribution in [2.45, 2.75) is 18.3 Å². The predicted molar refractivity (Wildman–Crippen MR) is 216 cm³/mol. The van der Waals surface area contributed by atoms with E-state index in [-0.39, 0.29) is 0 Å². The Bertz CT molecular complexity index is 2760. The maximum absolute atomic E-state index is 5.16. The van der Waals surface area contributed by atoms with Gasteiger partial charge in [-0.25, -0.2) is 15.0 Å². The zero-order valence-electron chi connectivity index (χ0n) is 29.0. The molecule has 0 saturated heterocycles. The van der Waals surface area contributed by atoms with Crippen LogP contribution in [0.3, 0.4) is 0 Å². The van der Waals surface area contributed by atoms with Gasteiger partial charge in [0.2, 0.25) is 0 Å². The van der Waals surface area contributed by atoms with Crippen LogP contribution in [0.4, 0.5) is 0 Å². The maximum atomic E-state index is 5.16. The lowest BCUT2D eigenvalue weighted by atomic mass is 9.64. The Kier molecular flexibility index (Phi) is 6.59. The highest BCUT2D eigenvalue weighted by Crippen LogP contribution is 2.59. The first-order valence-corrected chi connectivity index (χ1v) is 18.4. The number of fused-ring (bicyclic) bond motifs is 3. The normalized spacial score (nSPS) is 16.3. The summed E-state index contributed by atoms with van der Waals surface area (Å²) in [6, 6.07) is 56.8. The molecular weight excluding hydrogens is 643 g/mol. The van der Waals surface area contributed by atoms with E-state index in [1.54, 1.807) is 0 Å². The molecule has 0 N–H and O–H groups in total. The van der Waals surface area contributed by atoms with Gasteiger partial charge in [-0.05, 0) is 91.4 Å². The zero-order valence-corrected chi connectivity index (χ0v) is 29.0. The van der Waals surface area contributed by atoms with E-state index in [0.29, 0.717) is 17.5 Å². The molecule has 1 atom stereocenters. The molecule has 3 heteroatoms. The van der Waals surface area contributed by atoms with Crippen molar-refractivity contribution >= 4 is 22.4 Å². The van der Waals surface area contributed by atoms with Crippen LogP contribution in [0, 0.1) is 0 Å². The summed E-state index contributed by atoms with van der Waals surface area (Å²) in [4.78, 5) is 15.3. The number of allylic oxidation sites excluding steroid dienone is 3. The lowest BCUT2D eigenvalue weighted by molar-refractivity contribution is 0.776. The van der Waals surface area contributed by atoms with Crippen LogP contribution >= 0.6 is 0 Å². The van der Waals surface area contributed by atoms with Crippen LogP contribution in [0.5, 0.6) is 0 Å². The smallest absolute Gasteiger partial charge is 0.164 e. The van der Waals surface area contributed by atoms with Crippen LogP contribution in [0.2, 0.25) is 0 Å². The molecular formula is C50H33N3. The number of rotatable bonds is 5. The second kappa shape index (κ2) is 11.7. The van der Waals surface area contributed by atoms with Crippen molar-refractivity contribution in [2.75, 3.05) is 0 Å². The van der Waals surface area contributed by atoms with Gasteiger partial charge < -0.3 is 0 Å². The minimum Gasteiger partial charge on any atom is -0.208 e. The fourth-order valence-electron chi connectivity index (χ4n) is 9.16. The van der Waals surface area contributed by atoms with Crippen LogP contribution < -0.4 is 0 Å². The molecule has 1 unspecified atom stereocenters. The lowest BCUT2D eigenvalue weighted by Crippen LogP contribution is -2.29. The Morgan fingerprint density at radius 3 is 1.85 bits per heavy atom. The van der Waals surface area contributed by atoms with E-state index in [0.717, 1.165) is 29.5 Å². The molecule has 7 aromatic carbocycles. The topological polar surface area (TPSA) is 38.7 Å². The molecule has 8 aromatic rings. The molecule has 0 radical (unpaired) electrons. The zero-order chi connectivity index (χ0) is 34.9. The molecule has 0 fully saturated rings. The Labute approximate surface area is 308 Å². The van der Waals surface area contributed by atoms with E-state index in [1.165, 1.54) is 66.4 Å². The van der Waals surface area contributed by atoms with E-state index in [1.807, 2.05) is 36.4 Å². The molecule has 3 aliphatic carbocycles. The fraction of sp³-hybridized carbons (Fsp3) is 0.0600. The summed E-state index contributed by atoms with van der Waals surface area (Å²) < 4.78 is 0. The SMILES string of the molecule is C1=Cc2cc(C3(c4ccccc4)c4ccccc4-c4ccc(-c5nc(-c6ccccc6)nc(-c6ccccc6)n5)cc43)c3cccc4c3c2C(=CC4)C1. The van der Waals surface area contributed by atoms with Crippen molar-refractivity contribution in [3.05, 3.63) is 209 Å². The molecule has 3 aliphatic rings. The summed E-state index contributed by atoms with van der Waals surface area (Å²) in [7, 11) is 0. The van der Waals surface area contributed by atoms with Gasteiger partial charge in [0.1, 0.15) is 0 Å². The first-order valence-electron chi connectivity index (χ1n) is 18.4. The Hall–Kier alpha value is -6.71. The van der Waals surface area contributed by atoms with E-state index in [2.05, 4.69) is 140 Å². The minimum atomic E-state index is -0.596. The Morgan fingerprint density at radius 2 is 1.11 bits per heavy atom. The average molecular weight is 676 g/mol. The van der Waals surface area contributed by atoms with Gasteiger partial charge in [-0.1, -0.05) is 164 Å². The third kappa shape index (κ3) is 4.44. The monoisotopic (exact) mass is 675 g/mol. The quantitative estimate of drug-likeness (QED) is 0.182. The van der Waals surface area contributed by atoms with E-state index < -0.39 is 5.41 Å². The molecule has 3 nitrogen and oxygen atoms in total. The van der Waals surface area contributed by atoms with Crippen LogP contribution in [-0.2, 0) is 11.8 Å². The molecule has 0 bridgehead atoms. The highest BCUT2D eigenvalue weighted by molar-refractivity contribution is 6.06. The third-order valence-corrected chi connectivity index (χ3v) is 11.4. The molecule has 1 heterocycles. The second-order valence-electron chi connectivity index (χ2n) is 14.2. The van der Waals surface area contributed by atoms with Crippen molar-refractivity contribution in [3.63, 3.8) is 0 Å². The van der Waals surface area contributed by atoms with Gasteiger partial charge in [0.05, 0.1) is 5.41 Å². The molecule has 53 heavy (non-hydrogen) atoms. The van der Waals surface area contributed by atoms with Gasteiger partial charge in [0, 0.05) is 16.7 Å². The third-order valence-electron chi connectivity index (χ3n) is 11.4. The first kappa shape index (κ1) is 30.0. The molecule has 11 rings (SSSR count). The summed E-state index contributed by atoms with van der Waals surface area (Å²) in [5.41, 5.74) is 15.4. The van der Waals surface area contributed by atoms with Crippen LogP contribution in [-0.4, -0.2) is 15.0 Å². The standard InChI is InChI=1S/C50H33N3/c1-4-14-34(15-5-1)47-51-48(35-16-6-2-7-17-35)53-49(52-47)37-28-29-40-39-23-10-11-25-42(39)50(43(40)31-37,38-21-8-3-9-22-38)44-30-36-20-12-18-32-26-27-33-19-13-24-41(44)46(33)45(32)36/h1-17,19-26,28-31H,18,27H2. The van der Waals surface area contributed by atoms with Crippen molar-refractivity contribution in [2.24, 2.45) is 0 Å². The predicted octanol–water partition coefficient (Wildman–Crippen LogP) is 11.7. The van der Waals surface area contributed by atoms with Gasteiger partial charge in [-0.15, -0.1) is 0 Å². The summed E-state index contributed by atoms with van der Waals surface area (Å²) in [6.45, 7) is 0. The van der Waals surface area contributed by atoms with Gasteiger partial charge in [-0.3, -0.25) is 0 Å². The highest BCUT2D eigenvalue weighted by Gasteiger charge is 2.47. The van der Waals surface area contributed by atoms with E-state index >= 15 is 0 Å². The maximum Gasteiger partial charge on any atom is 0.164 e. The average Bonchev–Trinajstić information content (AvgIpc) is 3.54. The molecule has 0 aliphatic heterocycles. The Balaban J connectivity index is 1.23. The summed E-state index contributed by atoms with van der Waals surface area (Å²) in [6.07, 6.45) is 9.05. The van der Waals surface area contributed by atoms with Crippen LogP contribution in [0.25, 0.3) is 67.7 Å². The van der Waals surface area contributed by atoms with Gasteiger partial charge in [0.25, 0.3) is 0 Å². The molecule has 1 aromatic heterocycles. The van der Waals surface area contributed by atoms with Gasteiger partial charge in [-0.2, -0.15) is 0 Å².